The predicted octanol–water partition coefficient (Wildman–Crippen LogP) is 5.32. The summed E-state index contributed by atoms with van der Waals surface area (Å²) in [4.78, 5) is 0. The minimum atomic E-state index is -4.55. The Labute approximate surface area is 151 Å². The zero-order valence-corrected chi connectivity index (χ0v) is 14.0. The van der Waals surface area contributed by atoms with Crippen LogP contribution in [0.4, 0.5) is 23.4 Å². The van der Waals surface area contributed by atoms with Crippen LogP contribution >= 0.6 is 11.6 Å². The van der Waals surface area contributed by atoms with Crippen molar-refractivity contribution in [3.63, 3.8) is 0 Å². The number of alkyl halides is 3. The molecule has 1 N–H and O–H groups in total. The van der Waals surface area contributed by atoms with Crippen molar-refractivity contribution < 1.29 is 17.6 Å². The van der Waals surface area contributed by atoms with E-state index in [4.69, 9.17) is 11.6 Å². The lowest BCUT2D eigenvalue weighted by molar-refractivity contribution is -0.137. The van der Waals surface area contributed by atoms with Crippen LogP contribution in [0.3, 0.4) is 0 Å². The Hall–Kier alpha value is -2.54. The van der Waals surface area contributed by atoms with E-state index < -0.39 is 11.7 Å². The average molecular weight is 382 g/mol. The number of nitrogens with one attached hydrogen (secondary N) is 1. The fraction of sp³-hybridized carbons (Fsp3) is 0.167. The summed E-state index contributed by atoms with van der Waals surface area (Å²) >= 11 is 5.71. The summed E-state index contributed by atoms with van der Waals surface area (Å²) in [6.45, 7) is 0.654. The molecule has 3 nitrogen and oxygen atoms in total. The second kappa shape index (κ2) is 6.02. The second-order valence-corrected chi connectivity index (χ2v) is 6.34. The minimum absolute atomic E-state index is 0.336. The molecule has 134 valence electrons. The number of halogens is 5. The van der Waals surface area contributed by atoms with Gasteiger partial charge in [-0.3, -0.25) is 0 Å². The molecule has 0 spiro atoms. The van der Waals surface area contributed by atoms with E-state index in [1.165, 1.54) is 24.3 Å². The van der Waals surface area contributed by atoms with Crippen LogP contribution in [0.25, 0.3) is 16.9 Å². The van der Waals surface area contributed by atoms with Gasteiger partial charge in [-0.05, 0) is 42.8 Å². The van der Waals surface area contributed by atoms with Gasteiger partial charge in [0.1, 0.15) is 11.6 Å². The molecule has 4 rings (SSSR count). The van der Waals surface area contributed by atoms with E-state index in [1.54, 1.807) is 16.8 Å². The first kappa shape index (κ1) is 16.9. The fourth-order valence-corrected chi connectivity index (χ4v) is 3.29. The molecule has 0 amide bonds. The van der Waals surface area contributed by atoms with Gasteiger partial charge in [-0.1, -0.05) is 17.7 Å². The lowest BCUT2D eigenvalue weighted by atomic mass is 10.0. The molecule has 26 heavy (non-hydrogen) atoms. The van der Waals surface area contributed by atoms with Gasteiger partial charge in [0.15, 0.2) is 0 Å². The molecule has 0 fully saturated rings. The summed E-state index contributed by atoms with van der Waals surface area (Å²) in [5.41, 5.74) is 1.34. The van der Waals surface area contributed by atoms with E-state index >= 15 is 0 Å². The van der Waals surface area contributed by atoms with Crippen molar-refractivity contribution in [2.45, 2.75) is 12.6 Å². The van der Waals surface area contributed by atoms with E-state index in [-0.39, 0.29) is 10.8 Å². The van der Waals surface area contributed by atoms with Crippen LogP contribution in [0, 0.1) is 5.82 Å². The maximum absolute atomic E-state index is 13.2. The number of anilines is 1. The van der Waals surface area contributed by atoms with E-state index in [9.17, 15) is 17.6 Å². The van der Waals surface area contributed by atoms with Crippen LogP contribution in [0.1, 0.15) is 11.1 Å². The lowest BCUT2D eigenvalue weighted by Crippen LogP contribution is -2.06. The summed E-state index contributed by atoms with van der Waals surface area (Å²) in [6.07, 6.45) is -3.91. The van der Waals surface area contributed by atoms with Gasteiger partial charge in [-0.2, -0.15) is 18.3 Å². The van der Waals surface area contributed by atoms with E-state index in [0.717, 1.165) is 11.6 Å². The van der Waals surface area contributed by atoms with Crippen molar-refractivity contribution in [3.05, 3.63) is 64.4 Å². The first-order valence-corrected chi connectivity index (χ1v) is 8.21. The Bertz CT molecular complexity index is 977. The molecule has 1 aromatic heterocycles. The number of fused-ring (bicyclic) bond motifs is 1. The summed E-state index contributed by atoms with van der Waals surface area (Å²) in [7, 11) is 0. The number of nitrogens with zero attached hydrogens (tertiary/aromatic N) is 2. The number of rotatable bonds is 2. The third-order valence-corrected chi connectivity index (χ3v) is 4.60. The summed E-state index contributed by atoms with van der Waals surface area (Å²) in [5, 5.41) is 7.31. The third-order valence-electron chi connectivity index (χ3n) is 4.27. The Kier molecular flexibility index (Phi) is 3.91. The molecule has 0 bridgehead atoms. The van der Waals surface area contributed by atoms with Crippen molar-refractivity contribution in [1.82, 2.24) is 9.78 Å². The normalized spacial score (nSPS) is 13.6. The minimum Gasteiger partial charge on any atom is -0.369 e. The Morgan fingerprint density at radius 1 is 1.08 bits per heavy atom. The van der Waals surface area contributed by atoms with Crippen molar-refractivity contribution >= 4 is 17.4 Å². The molecule has 2 heterocycles. The smallest absolute Gasteiger partial charge is 0.369 e. The standard InChI is InChI=1S/C18H12ClF4N3/c19-15-6-1-10(9-14(15)18(21,22)23)16-13-7-8-24-17(13)26(25-16)12-4-2-11(20)3-5-12/h1-6,9,24H,7-8H2. The van der Waals surface area contributed by atoms with E-state index in [0.29, 0.717) is 35.7 Å². The maximum atomic E-state index is 13.2. The van der Waals surface area contributed by atoms with E-state index in [2.05, 4.69) is 10.4 Å². The summed E-state index contributed by atoms with van der Waals surface area (Å²) in [6, 6.07) is 9.51. The van der Waals surface area contributed by atoms with E-state index in [1.807, 2.05) is 0 Å². The molecule has 0 unspecified atom stereocenters. The molecule has 3 aromatic rings. The summed E-state index contributed by atoms with van der Waals surface area (Å²) in [5.74, 6) is 0.327. The molecule has 0 saturated carbocycles. The highest BCUT2D eigenvalue weighted by molar-refractivity contribution is 6.31. The Balaban J connectivity index is 1.86. The van der Waals surface area contributed by atoms with Crippen molar-refractivity contribution in [1.29, 1.82) is 0 Å². The van der Waals surface area contributed by atoms with Gasteiger partial charge < -0.3 is 5.32 Å². The molecular formula is C18H12ClF4N3. The van der Waals surface area contributed by atoms with Crippen molar-refractivity contribution in [2.24, 2.45) is 0 Å². The molecule has 0 radical (unpaired) electrons. The Morgan fingerprint density at radius 2 is 1.81 bits per heavy atom. The fourth-order valence-electron chi connectivity index (χ4n) is 3.07. The van der Waals surface area contributed by atoms with Gasteiger partial charge >= 0.3 is 6.18 Å². The zero-order valence-electron chi connectivity index (χ0n) is 13.2. The highest BCUT2D eigenvalue weighted by Crippen LogP contribution is 2.40. The number of hydrogen-bond donors (Lipinski definition) is 1. The molecule has 1 aliphatic heterocycles. The van der Waals surface area contributed by atoms with Crippen LogP contribution in [-0.4, -0.2) is 16.3 Å². The molecule has 0 aliphatic carbocycles. The lowest BCUT2D eigenvalue weighted by Gasteiger charge is -2.10. The van der Waals surface area contributed by atoms with Crippen LogP contribution in [0.15, 0.2) is 42.5 Å². The van der Waals surface area contributed by atoms with Crippen LogP contribution in [-0.2, 0) is 12.6 Å². The monoisotopic (exact) mass is 381 g/mol. The molecular weight excluding hydrogens is 370 g/mol. The van der Waals surface area contributed by atoms with Gasteiger partial charge in [0.25, 0.3) is 0 Å². The number of hydrogen-bond acceptors (Lipinski definition) is 2. The highest BCUT2D eigenvalue weighted by atomic mass is 35.5. The van der Waals surface area contributed by atoms with Gasteiger partial charge in [-0.25, -0.2) is 9.07 Å². The Morgan fingerprint density at radius 3 is 2.50 bits per heavy atom. The van der Waals surface area contributed by atoms with Gasteiger partial charge in [0, 0.05) is 17.7 Å². The predicted molar refractivity (Wildman–Crippen MR) is 91.2 cm³/mol. The topological polar surface area (TPSA) is 29.9 Å². The highest BCUT2D eigenvalue weighted by Gasteiger charge is 2.34. The van der Waals surface area contributed by atoms with Gasteiger partial charge in [0.05, 0.1) is 22.0 Å². The van der Waals surface area contributed by atoms with Crippen molar-refractivity contribution in [3.8, 4) is 16.9 Å². The summed E-state index contributed by atoms with van der Waals surface area (Å²) < 4.78 is 54.3. The average Bonchev–Trinajstić information content (AvgIpc) is 3.18. The third kappa shape index (κ3) is 2.82. The van der Waals surface area contributed by atoms with Crippen LogP contribution in [0.2, 0.25) is 5.02 Å². The SMILES string of the molecule is Fc1ccc(-n2nc(-c3ccc(Cl)c(C(F)(F)F)c3)c3c2NCC3)cc1. The van der Waals surface area contributed by atoms with Crippen molar-refractivity contribution in [2.75, 3.05) is 11.9 Å². The first-order valence-electron chi connectivity index (χ1n) is 7.83. The van der Waals surface area contributed by atoms with Gasteiger partial charge in [0.2, 0.25) is 0 Å². The number of benzene rings is 2. The molecule has 1 aliphatic rings. The molecule has 8 heteroatoms. The maximum Gasteiger partial charge on any atom is 0.417 e. The molecule has 0 saturated heterocycles. The largest absolute Gasteiger partial charge is 0.417 e. The van der Waals surface area contributed by atoms with Crippen LogP contribution in [0.5, 0.6) is 0 Å². The number of aromatic nitrogens is 2. The van der Waals surface area contributed by atoms with Gasteiger partial charge in [-0.15, -0.1) is 0 Å². The first-order chi connectivity index (χ1) is 12.3. The zero-order chi connectivity index (χ0) is 18.5. The quantitative estimate of drug-likeness (QED) is 0.609. The molecule has 0 atom stereocenters. The molecule has 2 aromatic carbocycles. The van der Waals surface area contributed by atoms with Crippen LogP contribution < -0.4 is 5.32 Å². The second-order valence-electron chi connectivity index (χ2n) is 5.93.